The lowest BCUT2D eigenvalue weighted by Crippen LogP contribution is -2.42. The van der Waals surface area contributed by atoms with Crippen LogP contribution in [0.15, 0.2) is 71.6 Å². The van der Waals surface area contributed by atoms with Crippen LogP contribution in [0.1, 0.15) is 16.7 Å². The van der Waals surface area contributed by atoms with Crippen LogP contribution in [0.3, 0.4) is 0 Å². The number of hydrogen-bond acceptors (Lipinski definition) is 4. The summed E-state index contributed by atoms with van der Waals surface area (Å²) in [6.07, 6.45) is -4.82. The molecule has 0 saturated carbocycles. The molecule has 0 aromatic heterocycles. The molecule has 0 radical (unpaired) electrons. The summed E-state index contributed by atoms with van der Waals surface area (Å²) in [5.74, 6) is -0.0992. The first-order chi connectivity index (χ1) is 16.9. The second kappa shape index (κ2) is 11.2. The van der Waals surface area contributed by atoms with E-state index in [4.69, 9.17) is 16.3 Å². The molecular formula is C25H24ClF3N2O4S. The molecule has 0 spiro atoms. The Morgan fingerprint density at radius 1 is 1.00 bits per heavy atom. The molecule has 0 aliphatic heterocycles. The molecule has 0 fully saturated rings. The lowest BCUT2D eigenvalue weighted by molar-refractivity contribution is -0.137. The Labute approximate surface area is 212 Å². The van der Waals surface area contributed by atoms with E-state index in [0.717, 1.165) is 23.3 Å². The van der Waals surface area contributed by atoms with Crippen molar-refractivity contribution >= 4 is 33.2 Å². The molecule has 0 atom stereocenters. The molecule has 6 nitrogen and oxygen atoms in total. The van der Waals surface area contributed by atoms with Crippen molar-refractivity contribution < 1.29 is 31.1 Å². The van der Waals surface area contributed by atoms with E-state index in [9.17, 15) is 26.4 Å². The molecule has 0 aliphatic carbocycles. The van der Waals surface area contributed by atoms with Gasteiger partial charge in [-0.25, -0.2) is 8.42 Å². The maximum Gasteiger partial charge on any atom is 0.417 e. The van der Waals surface area contributed by atoms with E-state index in [-0.39, 0.29) is 23.7 Å². The van der Waals surface area contributed by atoms with E-state index in [2.05, 4.69) is 5.32 Å². The van der Waals surface area contributed by atoms with Crippen LogP contribution in [0.5, 0.6) is 5.75 Å². The number of nitrogens with zero attached hydrogens (tertiary/aromatic N) is 1. The molecule has 0 saturated heterocycles. The molecule has 1 N–H and O–H groups in total. The zero-order chi connectivity index (χ0) is 26.5. The largest absolute Gasteiger partial charge is 0.492 e. The minimum absolute atomic E-state index is 0.0550. The van der Waals surface area contributed by atoms with Crippen molar-refractivity contribution in [3.63, 3.8) is 0 Å². The second-order valence-electron chi connectivity index (χ2n) is 8.01. The van der Waals surface area contributed by atoms with Crippen molar-refractivity contribution in [1.29, 1.82) is 0 Å². The lowest BCUT2D eigenvalue weighted by Gasteiger charge is -2.25. The molecule has 192 valence electrons. The summed E-state index contributed by atoms with van der Waals surface area (Å²) < 4.78 is 73.1. The van der Waals surface area contributed by atoms with Gasteiger partial charge < -0.3 is 10.1 Å². The van der Waals surface area contributed by atoms with Gasteiger partial charge in [0.15, 0.2) is 0 Å². The van der Waals surface area contributed by atoms with Crippen LogP contribution in [0.2, 0.25) is 5.02 Å². The Morgan fingerprint density at radius 3 is 2.25 bits per heavy atom. The van der Waals surface area contributed by atoms with Crippen LogP contribution in [0.25, 0.3) is 0 Å². The minimum atomic E-state index is -4.82. The number of benzene rings is 3. The highest BCUT2D eigenvalue weighted by molar-refractivity contribution is 7.92. The minimum Gasteiger partial charge on any atom is -0.492 e. The fraction of sp³-hybridized carbons (Fsp3) is 0.240. The average molecular weight is 541 g/mol. The number of sulfonamides is 1. The van der Waals surface area contributed by atoms with Gasteiger partial charge in [0.1, 0.15) is 18.9 Å². The van der Waals surface area contributed by atoms with Gasteiger partial charge in [-0.1, -0.05) is 35.9 Å². The standard InChI is InChI=1S/C25H24ClF3N2O4S/c1-17-12-18(2)14-20(13-17)35-11-10-30-24(32)16-31(36(33,34)21-6-4-3-5-7-21)19-8-9-23(26)22(15-19)25(27,28)29/h3-9,12-15H,10-11,16H2,1-2H3,(H,30,32). The highest BCUT2D eigenvalue weighted by Crippen LogP contribution is 2.38. The third kappa shape index (κ3) is 6.92. The summed E-state index contributed by atoms with van der Waals surface area (Å²) in [5, 5.41) is 1.96. The predicted molar refractivity (Wildman–Crippen MR) is 132 cm³/mol. The summed E-state index contributed by atoms with van der Waals surface area (Å²) in [5.41, 5.74) is 0.461. The molecule has 3 aromatic carbocycles. The normalized spacial score (nSPS) is 11.7. The van der Waals surface area contributed by atoms with Gasteiger partial charge in [-0.2, -0.15) is 13.2 Å². The Morgan fingerprint density at radius 2 is 1.64 bits per heavy atom. The molecular weight excluding hydrogens is 517 g/mol. The first-order valence-electron chi connectivity index (χ1n) is 10.8. The maximum atomic E-state index is 13.4. The van der Waals surface area contributed by atoms with Crippen molar-refractivity contribution in [2.45, 2.75) is 24.9 Å². The molecule has 0 bridgehead atoms. The molecule has 0 unspecified atom stereocenters. The number of aryl methyl sites for hydroxylation is 2. The third-order valence-corrected chi connectivity index (χ3v) is 7.17. The summed E-state index contributed by atoms with van der Waals surface area (Å²) in [7, 11) is -4.38. The van der Waals surface area contributed by atoms with Crippen LogP contribution < -0.4 is 14.4 Å². The van der Waals surface area contributed by atoms with E-state index in [1.165, 1.54) is 24.3 Å². The maximum absolute atomic E-state index is 13.4. The summed E-state index contributed by atoms with van der Waals surface area (Å²) >= 11 is 5.70. The van der Waals surface area contributed by atoms with Crippen LogP contribution >= 0.6 is 11.6 Å². The second-order valence-corrected chi connectivity index (χ2v) is 10.3. The van der Waals surface area contributed by atoms with Crippen LogP contribution in [-0.2, 0) is 21.0 Å². The van der Waals surface area contributed by atoms with Crippen molar-refractivity contribution in [2.24, 2.45) is 0 Å². The average Bonchev–Trinajstić information content (AvgIpc) is 2.80. The highest BCUT2D eigenvalue weighted by Gasteiger charge is 2.35. The Kier molecular flexibility index (Phi) is 8.52. The molecule has 0 heterocycles. The fourth-order valence-corrected chi connectivity index (χ4v) is 5.14. The van der Waals surface area contributed by atoms with Gasteiger partial charge in [-0.15, -0.1) is 0 Å². The third-order valence-electron chi connectivity index (χ3n) is 5.05. The van der Waals surface area contributed by atoms with E-state index in [1.807, 2.05) is 32.0 Å². The van der Waals surface area contributed by atoms with Gasteiger partial charge in [0, 0.05) is 0 Å². The predicted octanol–water partition coefficient (Wildman–Crippen LogP) is 5.37. The number of rotatable bonds is 9. The zero-order valence-electron chi connectivity index (χ0n) is 19.5. The Hall–Kier alpha value is -3.24. The van der Waals surface area contributed by atoms with Crippen LogP contribution in [-0.4, -0.2) is 34.0 Å². The van der Waals surface area contributed by atoms with E-state index < -0.39 is 39.2 Å². The summed E-state index contributed by atoms with van der Waals surface area (Å²) in [6, 6.07) is 15.4. The quantitative estimate of drug-likeness (QED) is 0.370. The number of amides is 1. The SMILES string of the molecule is Cc1cc(C)cc(OCCNC(=O)CN(c2ccc(Cl)c(C(F)(F)F)c2)S(=O)(=O)c2ccccc2)c1. The Balaban J connectivity index is 1.80. The Bertz CT molecular complexity index is 1310. The van der Waals surface area contributed by atoms with Gasteiger partial charge in [0.05, 0.1) is 27.7 Å². The molecule has 1 amide bonds. The van der Waals surface area contributed by atoms with E-state index in [0.29, 0.717) is 16.1 Å². The number of carbonyl (C=O) groups excluding carboxylic acids is 1. The van der Waals surface area contributed by atoms with Gasteiger partial charge in [-0.3, -0.25) is 9.10 Å². The number of ether oxygens (including phenoxy) is 1. The molecule has 0 aliphatic rings. The molecule has 3 rings (SSSR count). The van der Waals surface area contributed by atoms with Crippen molar-refractivity contribution in [1.82, 2.24) is 5.32 Å². The summed E-state index contributed by atoms with van der Waals surface area (Å²) in [6.45, 7) is 3.26. The molecule has 11 heteroatoms. The monoisotopic (exact) mass is 540 g/mol. The van der Waals surface area contributed by atoms with Gasteiger partial charge in [-0.05, 0) is 67.4 Å². The number of alkyl halides is 3. The van der Waals surface area contributed by atoms with E-state index in [1.54, 1.807) is 6.07 Å². The number of carbonyl (C=O) groups is 1. The fourth-order valence-electron chi connectivity index (χ4n) is 3.48. The summed E-state index contributed by atoms with van der Waals surface area (Å²) in [4.78, 5) is 12.5. The highest BCUT2D eigenvalue weighted by atomic mass is 35.5. The molecule has 3 aromatic rings. The zero-order valence-corrected chi connectivity index (χ0v) is 21.0. The first kappa shape index (κ1) is 27.3. The van der Waals surface area contributed by atoms with Crippen molar-refractivity contribution in [2.75, 3.05) is 24.0 Å². The van der Waals surface area contributed by atoms with Crippen LogP contribution in [0.4, 0.5) is 18.9 Å². The van der Waals surface area contributed by atoms with Crippen LogP contribution in [0, 0.1) is 13.8 Å². The number of nitrogens with one attached hydrogen (secondary N) is 1. The smallest absolute Gasteiger partial charge is 0.417 e. The van der Waals surface area contributed by atoms with Gasteiger partial charge in [0.2, 0.25) is 5.91 Å². The molecule has 36 heavy (non-hydrogen) atoms. The van der Waals surface area contributed by atoms with Crippen molar-refractivity contribution in [3.8, 4) is 5.75 Å². The topological polar surface area (TPSA) is 75.7 Å². The van der Waals surface area contributed by atoms with E-state index >= 15 is 0 Å². The van der Waals surface area contributed by atoms with Gasteiger partial charge in [0.25, 0.3) is 10.0 Å². The lowest BCUT2D eigenvalue weighted by atomic mass is 10.1. The van der Waals surface area contributed by atoms with Crippen molar-refractivity contribution in [3.05, 3.63) is 88.4 Å². The first-order valence-corrected chi connectivity index (χ1v) is 12.6. The number of hydrogen-bond donors (Lipinski definition) is 1. The number of halogens is 4. The van der Waals surface area contributed by atoms with Gasteiger partial charge >= 0.3 is 6.18 Å². The number of anilines is 1.